The highest BCUT2D eigenvalue weighted by molar-refractivity contribution is 5.94. The molecule has 162 valence electrons. The maximum absolute atomic E-state index is 12.5. The van der Waals surface area contributed by atoms with E-state index in [2.05, 4.69) is 5.32 Å². The largest absolute Gasteiger partial charge is 0.508 e. The summed E-state index contributed by atoms with van der Waals surface area (Å²) in [4.78, 5) is 23.2. The summed E-state index contributed by atoms with van der Waals surface area (Å²) in [7, 11) is 0. The summed E-state index contributed by atoms with van der Waals surface area (Å²) < 4.78 is 31.7. The van der Waals surface area contributed by atoms with Crippen molar-refractivity contribution in [2.45, 2.75) is 19.5 Å². The van der Waals surface area contributed by atoms with Crippen molar-refractivity contribution in [2.24, 2.45) is 0 Å². The summed E-state index contributed by atoms with van der Waals surface area (Å²) in [6.45, 7) is 5.26. The van der Waals surface area contributed by atoms with Crippen LogP contribution in [0.5, 0.6) is 5.75 Å². The van der Waals surface area contributed by atoms with Gasteiger partial charge in [0, 0.05) is 31.7 Å². The summed E-state index contributed by atoms with van der Waals surface area (Å²) in [6.07, 6.45) is -4.29. The third kappa shape index (κ3) is 6.21. The molecular weight excluding hydrogens is 401 g/mol. The van der Waals surface area contributed by atoms with E-state index in [1.165, 1.54) is 0 Å². The van der Waals surface area contributed by atoms with E-state index in [4.69, 9.17) is 9.90 Å². The number of amides is 1. The van der Waals surface area contributed by atoms with E-state index in [1.54, 1.807) is 6.07 Å². The van der Waals surface area contributed by atoms with Crippen LogP contribution in [0.2, 0.25) is 0 Å². The average molecular weight is 424 g/mol. The third-order valence-electron chi connectivity index (χ3n) is 4.57. The fraction of sp³-hybridized carbons (Fsp3) is 0.333. The lowest BCUT2D eigenvalue weighted by atomic mass is 10.00. The molecule has 0 atom stereocenters. The Morgan fingerprint density at radius 1 is 1.03 bits per heavy atom. The summed E-state index contributed by atoms with van der Waals surface area (Å²) in [5.74, 6) is -2.33. The van der Waals surface area contributed by atoms with Crippen LogP contribution in [0.4, 0.5) is 13.2 Å². The molecule has 0 unspecified atom stereocenters. The molecule has 9 heteroatoms. The monoisotopic (exact) mass is 424 g/mol. The number of alkyl halides is 3. The molecule has 2 aromatic rings. The molecule has 0 aliphatic carbocycles. The zero-order valence-corrected chi connectivity index (χ0v) is 16.4. The molecule has 30 heavy (non-hydrogen) atoms. The van der Waals surface area contributed by atoms with Gasteiger partial charge in [-0.3, -0.25) is 4.79 Å². The number of aliphatic carboxylic acids is 1. The number of rotatable bonds is 3. The van der Waals surface area contributed by atoms with Gasteiger partial charge in [-0.2, -0.15) is 13.2 Å². The third-order valence-corrected chi connectivity index (χ3v) is 4.57. The highest BCUT2D eigenvalue weighted by atomic mass is 19.4. The summed E-state index contributed by atoms with van der Waals surface area (Å²) in [5, 5.41) is 20.2. The van der Waals surface area contributed by atoms with Crippen LogP contribution in [-0.2, 0) is 11.2 Å². The molecule has 0 spiro atoms. The minimum absolute atomic E-state index is 0.0954. The number of halogens is 3. The predicted molar refractivity (Wildman–Crippen MR) is 105 cm³/mol. The van der Waals surface area contributed by atoms with E-state index < -0.39 is 12.1 Å². The van der Waals surface area contributed by atoms with Gasteiger partial charge < -0.3 is 20.4 Å². The second kappa shape index (κ2) is 10.1. The number of aromatic hydroxyl groups is 1. The van der Waals surface area contributed by atoms with Gasteiger partial charge in [-0.05, 0) is 47.4 Å². The molecule has 1 saturated heterocycles. The van der Waals surface area contributed by atoms with Gasteiger partial charge in [0.2, 0.25) is 0 Å². The number of benzene rings is 2. The van der Waals surface area contributed by atoms with Crippen molar-refractivity contribution < 1.29 is 33.0 Å². The van der Waals surface area contributed by atoms with Gasteiger partial charge >= 0.3 is 12.1 Å². The van der Waals surface area contributed by atoms with E-state index >= 15 is 0 Å². The van der Waals surface area contributed by atoms with Gasteiger partial charge in [0.15, 0.2) is 0 Å². The number of hydrogen-bond acceptors (Lipinski definition) is 4. The Labute approximate surface area is 171 Å². The average Bonchev–Trinajstić information content (AvgIpc) is 2.74. The first-order valence-electron chi connectivity index (χ1n) is 9.36. The highest BCUT2D eigenvalue weighted by Crippen LogP contribution is 2.26. The Bertz CT molecular complexity index is 877. The molecule has 3 rings (SSSR count). The van der Waals surface area contributed by atoms with E-state index in [0.717, 1.165) is 54.9 Å². The van der Waals surface area contributed by atoms with Crippen molar-refractivity contribution in [1.82, 2.24) is 10.2 Å². The number of piperazine rings is 1. The summed E-state index contributed by atoms with van der Waals surface area (Å²) >= 11 is 0. The van der Waals surface area contributed by atoms with Gasteiger partial charge in [0.25, 0.3) is 5.91 Å². The lowest BCUT2D eigenvalue weighted by Crippen LogP contribution is -2.46. The molecule has 1 fully saturated rings. The standard InChI is InChI=1S/C19H22N2O2.C2HF3O2/c1-2-14-13-17(7-8-18(14)22)15-3-5-16(6-4-15)19(23)21-11-9-20-10-12-21;3-2(4,5)1(6)7/h3-8,13,20,22H,2,9-12H2,1H3;(H,6,7). The molecule has 2 aromatic carbocycles. The lowest BCUT2D eigenvalue weighted by molar-refractivity contribution is -0.192. The van der Waals surface area contributed by atoms with Gasteiger partial charge in [-0.15, -0.1) is 0 Å². The summed E-state index contributed by atoms with van der Waals surface area (Å²) in [6, 6.07) is 13.4. The van der Waals surface area contributed by atoms with Crippen molar-refractivity contribution >= 4 is 11.9 Å². The van der Waals surface area contributed by atoms with Gasteiger partial charge in [0.1, 0.15) is 5.75 Å². The van der Waals surface area contributed by atoms with E-state index in [0.29, 0.717) is 5.75 Å². The van der Waals surface area contributed by atoms with Crippen LogP contribution in [0.15, 0.2) is 42.5 Å². The second-order valence-corrected chi connectivity index (χ2v) is 6.62. The van der Waals surface area contributed by atoms with Crippen LogP contribution < -0.4 is 5.32 Å². The SMILES string of the molecule is CCc1cc(-c2ccc(C(=O)N3CCNCC3)cc2)ccc1O.O=C(O)C(F)(F)F. The van der Waals surface area contributed by atoms with Crippen LogP contribution in [0.3, 0.4) is 0 Å². The second-order valence-electron chi connectivity index (χ2n) is 6.62. The predicted octanol–water partition coefficient (Wildman–Crippen LogP) is 3.30. The van der Waals surface area contributed by atoms with Crippen molar-refractivity contribution in [3.05, 3.63) is 53.6 Å². The minimum atomic E-state index is -5.08. The minimum Gasteiger partial charge on any atom is -0.508 e. The van der Waals surface area contributed by atoms with Crippen molar-refractivity contribution in [1.29, 1.82) is 0 Å². The van der Waals surface area contributed by atoms with Crippen LogP contribution in [0, 0.1) is 0 Å². The molecule has 6 nitrogen and oxygen atoms in total. The number of aryl methyl sites for hydroxylation is 1. The first-order valence-corrected chi connectivity index (χ1v) is 9.36. The fourth-order valence-corrected chi connectivity index (χ4v) is 2.90. The number of carbonyl (C=O) groups is 2. The molecule has 1 aliphatic heterocycles. The van der Waals surface area contributed by atoms with Gasteiger partial charge in [0.05, 0.1) is 0 Å². The summed E-state index contributed by atoms with van der Waals surface area (Å²) in [5.41, 5.74) is 3.77. The van der Waals surface area contributed by atoms with Gasteiger partial charge in [-0.25, -0.2) is 4.79 Å². The number of carboxylic acids is 1. The Balaban J connectivity index is 0.000000396. The molecule has 0 bridgehead atoms. The normalized spacial score (nSPS) is 13.9. The van der Waals surface area contributed by atoms with E-state index in [-0.39, 0.29) is 5.91 Å². The molecule has 1 heterocycles. The number of phenols is 1. The molecule has 3 N–H and O–H groups in total. The maximum Gasteiger partial charge on any atom is 0.490 e. The number of carboxylic acid groups (broad SMARTS) is 1. The topological polar surface area (TPSA) is 89.9 Å². The Hall–Kier alpha value is -3.07. The number of phenolic OH excluding ortho intramolecular Hbond substituents is 1. The zero-order chi connectivity index (χ0) is 22.3. The van der Waals surface area contributed by atoms with E-state index in [1.807, 2.05) is 48.2 Å². The number of hydrogen-bond donors (Lipinski definition) is 3. The smallest absolute Gasteiger partial charge is 0.490 e. The van der Waals surface area contributed by atoms with E-state index in [9.17, 15) is 23.1 Å². The number of nitrogens with zero attached hydrogens (tertiary/aromatic N) is 1. The van der Waals surface area contributed by atoms with Crippen LogP contribution in [0.25, 0.3) is 11.1 Å². The molecular formula is C21H23F3N2O4. The first-order chi connectivity index (χ1) is 14.1. The number of carbonyl (C=O) groups excluding carboxylic acids is 1. The van der Waals surface area contributed by atoms with Crippen LogP contribution in [-0.4, -0.2) is 59.3 Å². The quantitative estimate of drug-likeness (QED) is 0.704. The lowest BCUT2D eigenvalue weighted by Gasteiger charge is -2.27. The number of nitrogens with one attached hydrogen (secondary N) is 1. The van der Waals surface area contributed by atoms with Crippen LogP contribution >= 0.6 is 0 Å². The van der Waals surface area contributed by atoms with Crippen molar-refractivity contribution in [3.8, 4) is 16.9 Å². The fourth-order valence-electron chi connectivity index (χ4n) is 2.90. The van der Waals surface area contributed by atoms with Gasteiger partial charge in [-0.1, -0.05) is 25.1 Å². The molecule has 1 aliphatic rings. The first kappa shape index (κ1) is 23.2. The Morgan fingerprint density at radius 3 is 2.07 bits per heavy atom. The molecule has 0 radical (unpaired) electrons. The van der Waals surface area contributed by atoms with Crippen molar-refractivity contribution in [2.75, 3.05) is 26.2 Å². The Morgan fingerprint density at radius 2 is 1.57 bits per heavy atom. The molecule has 0 saturated carbocycles. The van der Waals surface area contributed by atoms with Crippen molar-refractivity contribution in [3.63, 3.8) is 0 Å². The maximum atomic E-state index is 12.5. The zero-order valence-electron chi connectivity index (χ0n) is 16.4. The molecule has 0 aromatic heterocycles. The Kier molecular flexibility index (Phi) is 7.82. The molecule has 1 amide bonds. The van der Waals surface area contributed by atoms with Crippen LogP contribution in [0.1, 0.15) is 22.8 Å². The highest BCUT2D eigenvalue weighted by Gasteiger charge is 2.38.